The molecule has 0 aromatic heterocycles. The normalized spacial score (nSPS) is 11.5. The van der Waals surface area contributed by atoms with Crippen LogP contribution in [0.15, 0.2) is 0 Å². The van der Waals surface area contributed by atoms with Gasteiger partial charge in [0.15, 0.2) is 0 Å². The molecule has 0 amide bonds. The van der Waals surface area contributed by atoms with Gasteiger partial charge < -0.3 is 4.18 Å². The van der Waals surface area contributed by atoms with Gasteiger partial charge in [-0.25, -0.2) is 0 Å². The summed E-state index contributed by atoms with van der Waals surface area (Å²) in [6.07, 6.45) is -1.85. The van der Waals surface area contributed by atoms with Crippen molar-refractivity contribution in [2.24, 2.45) is 0 Å². The molecule has 96 valence electrons. The van der Waals surface area contributed by atoms with Crippen LogP contribution in [0.5, 0.6) is 0 Å². The molecule has 0 bridgehead atoms. The number of alkyl halides is 3. The first-order chi connectivity index (χ1) is 7.45. The van der Waals surface area contributed by atoms with Crippen molar-refractivity contribution >= 4 is 18.0 Å². The Bertz CT molecular complexity index is 195. The summed E-state index contributed by atoms with van der Waals surface area (Å²) in [5, 5.41) is 0. The summed E-state index contributed by atoms with van der Waals surface area (Å²) in [5.41, 5.74) is 0. The maximum atomic E-state index is 11.7. The largest absolute Gasteiger partial charge is 0.391 e. The second kappa shape index (κ2) is 8.73. The van der Waals surface area contributed by atoms with E-state index in [-0.39, 0.29) is 18.1 Å². The van der Waals surface area contributed by atoms with E-state index in [0.29, 0.717) is 6.42 Å². The van der Waals surface area contributed by atoms with Crippen LogP contribution in [0.25, 0.3) is 0 Å². The number of hydrogen-bond donors (Lipinski definition) is 0. The van der Waals surface area contributed by atoms with Crippen molar-refractivity contribution in [1.82, 2.24) is 0 Å². The van der Waals surface area contributed by atoms with Crippen molar-refractivity contribution in [3.63, 3.8) is 0 Å². The van der Waals surface area contributed by atoms with E-state index in [9.17, 15) is 18.0 Å². The molecule has 2 nitrogen and oxygen atoms in total. The SMILES string of the molecule is CCCCCC(=O)OSCCCC(F)(F)F. The van der Waals surface area contributed by atoms with E-state index in [0.717, 1.165) is 31.3 Å². The number of carbonyl (C=O) groups excluding carboxylic acids is 1. The summed E-state index contributed by atoms with van der Waals surface area (Å²) in [4.78, 5) is 11.0. The van der Waals surface area contributed by atoms with E-state index in [4.69, 9.17) is 4.18 Å². The van der Waals surface area contributed by atoms with Gasteiger partial charge in [-0.15, -0.1) is 0 Å². The molecule has 0 heterocycles. The summed E-state index contributed by atoms with van der Waals surface area (Å²) in [6, 6.07) is 0. The Morgan fingerprint density at radius 3 is 2.50 bits per heavy atom. The highest BCUT2D eigenvalue weighted by Crippen LogP contribution is 2.22. The Kier molecular flexibility index (Phi) is 8.51. The highest BCUT2D eigenvalue weighted by molar-refractivity contribution is 7.95. The molecule has 0 N–H and O–H groups in total. The summed E-state index contributed by atoms with van der Waals surface area (Å²) >= 11 is 0.811. The molecule has 0 fully saturated rings. The highest BCUT2D eigenvalue weighted by atomic mass is 32.2. The van der Waals surface area contributed by atoms with E-state index in [1.807, 2.05) is 6.92 Å². The maximum absolute atomic E-state index is 11.7. The molecular weight excluding hydrogens is 241 g/mol. The highest BCUT2D eigenvalue weighted by Gasteiger charge is 2.26. The van der Waals surface area contributed by atoms with E-state index in [1.54, 1.807) is 0 Å². The molecule has 0 spiro atoms. The topological polar surface area (TPSA) is 26.3 Å². The molecule has 0 aromatic rings. The van der Waals surface area contributed by atoms with Crippen LogP contribution in [0, 0.1) is 0 Å². The molecule has 0 saturated carbocycles. The number of halogens is 3. The molecule has 0 rings (SSSR count). The van der Waals surface area contributed by atoms with Gasteiger partial charge in [-0.2, -0.15) is 13.2 Å². The molecular formula is C10H17F3O2S. The van der Waals surface area contributed by atoms with Crippen molar-refractivity contribution in [2.75, 3.05) is 5.75 Å². The van der Waals surface area contributed by atoms with Crippen molar-refractivity contribution in [3.05, 3.63) is 0 Å². The van der Waals surface area contributed by atoms with Crippen molar-refractivity contribution in [1.29, 1.82) is 0 Å². The van der Waals surface area contributed by atoms with Gasteiger partial charge in [0.2, 0.25) is 0 Å². The zero-order valence-electron chi connectivity index (χ0n) is 9.31. The average Bonchev–Trinajstić information content (AvgIpc) is 2.16. The summed E-state index contributed by atoms with van der Waals surface area (Å²) in [5.74, 6) is -0.149. The summed E-state index contributed by atoms with van der Waals surface area (Å²) in [7, 11) is 0. The standard InChI is InChI=1S/C10H17F3O2S/c1-2-3-4-6-9(14)15-16-8-5-7-10(11,12)13/h2-8H2,1H3. The smallest absolute Gasteiger partial charge is 0.389 e. The second-order valence-electron chi connectivity index (χ2n) is 3.45. The van der Waals surface area contributed by atoms with Crippen LogP contribution in [0.2, 0.25) is 0 Å². The van der Waals surface area contributed by atoms with Gasteiger partial charge in [0, 0.05) is 18.6 Å². The minimum absolute atomic E-state index is 0.0175. The Labute approximate surface area is 98.1 Å². The fourth-order valence-corrected chi connectivity index (χ4v) is 1.56. The van der Waals surface area contributed by atoms with Crippen molar-refractivity contribution < 1.29 is 22.1 Å². The predicted molar refractivity (Wildman–Crippen MR) is 58.0 cm³/mol. The van der Waals surface area contributed by atoms with Gasteiger partial charge in [0.1, 0.15) is 0 Å². The molecule has 0 unspecified atom stereocenters. The van der Waals surface area contributed by atoms with Crippen LogP contribution in [-0.4, -0.2) is 17.9 Å². The van der Waals surface area contributed by atoms with E-state index < -0.39 is 12.6 Å². The molecule has 16 heavy (non-hydrogen) atoms. The second-order valence-corrected chi connectivity index (χ2v) is 4.26. The van der Waals surface area contributed by atoms with Crippen LogP contribution in [0.4, 0.5) is 13.2 Å². The molecule has 0 radical (unpaired) electrons. The van der Waals surface area contributed by atoms with Crippen LogP contribution in [0.1, 0.15) is 45.4 Å². The average molecular weight is 258 g/mol. The zero-order valence-corrected chi connectivity index (χ0v) is 10.1. The lowest BCUT2D eigenvalue weighted by atomic mass is 10.2. The number of unbranched alkanes of at least 4 members (excludes halogenated alkanes) is 2. The van der Waals surface area contributed by atoms with Crippen LogP contribution >= 0.6 is 12.0 Å². The Morgan fingerprint density at radius 2 is 1.94 bits per heavy atom. The number of rotatable bonds is 8. The summed E-state index contributed by atoms with van der Waals surface area (Å²) in [6.45, 7) is 2.03. The Balaban J connectivity index is 3.28. The number of carbonyl (C=O) groups is 1. The van der Waals surface area contributed by atoms with Crippen LogP contribution in [0.3, 0.4) is 0 Å². The van der Waals surface area contributed by atoms with Gasteiger partial charge in [-0.3, -0.25) is 4.79 Å². The molecule has 0 saturated heterocycles. The molecule has 0 aliphatic carbocycles. The monoisotopic (exact) mass is 258 g/mol. The first-order valence-electron chi connectivity index (χ1n) is 5.34. The van der Waals surface area contributed by atoms with E-state index in [1.165, 1.54) is 0 Å². The van der Waals surface area contributed by atoms with Gasteiger partial charge in [-0.05, 0) is 12.8 Å². The van der Waals surface area contributed by atoms with Gasteiger partial charge in [-0.1, -0.05) is 19.8 Å². The van der Waals surface area contributed by atoms with Gasteiger partial charge in [0.05, 0.1) is 12.0 Å². The lowest BCUT2D eigenvalue weighted by Gasteiger charge is -2.05. The minimum atomic E-state index is -4.12. The first kappa shape index (κ1) is 15.6. The van der Waals surface area contributed by atoms with Crippen molar-refractivity contribution in [3.8, 4) is 0 Å². The molecule has 0 aliphatic heterocycles. The molecule has 0 atom stereocenters. The Morgan fingerprint density at radius 1 is 1.25 bits per heavy atom. The maximum Gasteiger partial charge on any atom is 0.389 e. The quantitative estimate of drug-likeness (QED) is 0.484. The molecule has 0 aromatic carbocycles. The predicted octanol–water partition coefficient (Wildman–Crippen LogP) is 4.10. The van der Waals surface area contributed by atoms with Gasteiger partial charge in [0.25, 0.3) is 0 Å². The fourth-order valence-electron chi connectivity index (χ4n) is 1.000. The molecule has 0 aliphatic rings. The minimum Gasteiger partial charge on any atom is -0.391 e. The summed E-state index contributed by atoms with van der Waals surface area (Å²) < 4.78 is 39.9. The van der Waals surface area contributed by atoms with Crippen LogP contribution < -0.4 is 0 Å². The Hall–Kier alpha value is -0.390. The lowest BCUT2D eigenvalue weighted by Crippen LogP contribution is -2.07. The van der Waals surface area contributed by atoms with Crippen LogP contribution in [-0.2, 0) is 8.98 Å². The van der Waals surface area contributed by atoms with Crippen molar-refractivity contribution in [2.45, 2.75) is 51.6 Å². The lowest BCUT2D eigenvalue weighted by molar-refractivity contribution is -0.134. The molecule has 6 heteroatoms. The van der Waals surface area contributed by atoms with E-state index >= 15 is 0 Å². The van der Waals surface area contributed by atoms with E-state index in [2.05, 4.69) is 0 Å². The fraction of sp³-hybridized carbons (Fsp3) is 0.900. The third-order valence-electron chi connectivity index (χ3n) is 1.82. The number of hydrogen-bond acceptors (Lipinski definition) is 3. The third kappa shape index (κ3) is 11.7. The van der Waals surface area contributed by atoms with Gasteiger partial charge >= 0.3 is 12.1 Å². The first-order valence-corrected chi connectivity index (χ1v) is 6.26. The third-order valence-corrected chi connectivity index (χ3v) is 2.58. The zero-order chi connectivity index (χ0) is 12.4.